The summed E-state index contributed by atoms with van der Waals surface area (Å²) in [6.07, 6.45) is -3.57. The fraction of sp³-hybridized carbons (Fsp3) is 0.222. The largest absolute Gasteiger partial charge is 0.451 e. The normalized spacial score (nSPS) is 11.9. The Kier molecular flexibility index (Phi) is 3.09. The molecule has 0 amide bonds. The number of rotatable bonds is 1. The molecule has 2 rings (SSSR count). The highest BCUT2D eigenvalue weighted by Crippen LogP contribution is 2.30. The third-order valence-corrected chi connectivity index (χ3v) is 2.60. The van der Waals surface area contributed by atoms with Gasteiger partial charge in [-0.05, 0) is 28.9 Å². The fourth-order valence-electron chi connectivity index (χ4n) is 1.30. The first-order chi connectivity index (χ1) is 8.30. The van der Waals surface area contributed by atoms with Crippen LogP contribution in [0.3, 0.4) is 0 Å². The molecule has 0 saturated heterocycles. The third kappa shape index (κ3) is 2.22. The van der Waals surface area contributed by atoms with Gasteiger partial charge in [0.15, 0.2) is 11.6 Å². The molecular formula is C9H5BrF4N4. The standard InChI is InChI=1S/C9H5BrF4N4/c1-4-16-8(9(12,13)14)18(17-4)7-6(11)5(10)2-3-15-7/h2-3H,1H3. The number of aromatic nitrogens is 4. The topological polar surface area (TPSA) is 43.6 Å². The molecule has 96 valence electrons. The van der Waals surface area contributed by atoms with Gasteiger partial charge in [0.25, 0.3) is 0 Å². The lowest BCUT2D eigenvalue weighted by atomic mass is 10.4. The molecule has 2 heterocycles. The van der Waals surface area contributed by atoms with Crippen LogP contribution in [-0.4, -0.2) is 19.7 Å². The predicted octanol–water partition coefficient (Wildman–Crippen LogP) is 2.89. The Balaban J connectivity index is 2.68. The SMILES string of the molecule is Cc1nc(C(F)(F)F)n(-c2nccc(Br)c2F)n1. The zero-order chi connectivity index (χ0) is 13.5. The summed E-state index contributed by atoms with van der Waals surface area (Å²) < 4.78 is 52.1. The minimum Gasteiger partial charge on any atom is -0.234 e. The van der Waals surface area contributed by atoms with E-state index in [9.17, 15) is 17.6 Å². The van der Waals surface area contributed by atoms with Crippen molar-refractivity contribution < 1.29 is 17.6 Å². The van der Waals surface area contributed by atoms with E-state index in [4.69, 9.17) is 0 Å². The molecule has 0 unspecified atom stereocenters. The van der Waals surface area contributed by atoms with Gasteiger partial charge in [-0.1, -0.05) is 0 Å². The van der Waals surface area contributed by atoms with Crippen molar-refractivity contribution >= 4 is 15.9 Å². The summed E-state index contributed by atoms with van der Waals surface area (Å²) in [4.78, 5) is 6.79. The van der Waals surface area contributed by atoms with E-state index in [2.05, 4.69) is 31.0 Å². The van der Waals surface area contributed by atoms with Gasteiger partial charge >= 0.3 is 6.18 Å². The van der Waals surface area contributed by atoms with Crippen LogP contribution in [0.4, 0.5) is 17.6 Å². The Hall–Kier alpha value is -1.51. The van der Waals surface area contributed by atoms with Crippen LogP contribution >= 0.6 is 15.9 Å². The van der Waals surface area contributed by atoms with Gasteiger partial charge in [0.2, 0.25) is 5.82 Å². The lowest BCUT2D eigenvalue weighted by Gasteiger charge is -2.08. The van der Waals surface area contributed by atoms with Gasteiger partial charge < -0.3 is 0 Å². The third-order valence-electron chi connectivity index (χ3n) is 1.99. The van der Waals surface area contributed by atoms with Crippen molar-refractivity contribution in [2.75, 3.05) is 0 Å². The number of nitrogens with zero attached hydrogens (tertiary/aromatic N) is 4. The molecule has 2 aromatic heterocycles. The first-order valence-electron chi connectivity index (χ1n) is 4.62. The van der Waals surface area contributed by atoms with Gasteiger partial charge in [-0.25, -0.2) is 14.4 Å². The molecule has 18 heavy (non-hydrogen) atoms. The van der Waals surface area contributed by atoms with Gasteiger partial charge in [-0.15, -0.1) is 5.10 Å². The molecule has 0 radical (unpaired) electrons. The van der Waals surface area contributed by atoms with Gasteiger partial charge in [0, 0.05) is 6.20 Å². The van der Waals surface area contributed by atoms with Crippen molar-refractivity contribution in [2.45, 2.75) is 13.1 Å². The summed E-state index contributed by atoms with van der Waals surface area (Å²) in [5.41, 5.74) is 0. The first kappa shape index (κ1) is 12.9. The summed E-state index contributed by atoms with van der Waals surface area (Å²) in [6.45, 7) is 1.28. The van der Waals surface area contributed by atoms with E-state index in [0.29, 0.717) is 4.68 Å². The zero-order valence-electron chi connectivity index (χ0n) is 8.83. The quantitative estimate of drug-likeness (QED) is 0.757. The average molecular weight is 325 g/mol. The summed E-state index contributed by atoms with van der Waals surface area (Å²) in [7, 11) is 0. The number of pyridine rings is 1. The number of hydrogen-bond donors (Lipinski definition) is 0. The Labute approximate surface area is 107 Å². The molecular weight excluding hydrogens is 320 g/mol. The smallest absolute Gasteiger partial charge is 0.234 e. The lowest BCUT2D eigenvalue weighted by Crippen LogP contribution is -2.16. The summed E-state index contributed by atoms with van der Waals surface area (Å²) in [6, 6.07) is 1.27. The van der Waals surface area contributed by atoms with E-state index in [0.717, 1.165) is 0 Å². The zero-order valence-corrected chi connectivity index (χ0v) is 10.4. The maximum absolute atomic E-state index is 13.7. The van der Waals surface area contributed by atoms with Crippen molar-refractivity contribution in [2.24, 2.45) is 0 Å². The van der Waals surface area contributed by atoms with Crippen molar-refractivity contribution in [1.82, 2.24) is 19.7 Å². The van der Waals surface area contributed by atoms with Crippen LogP contribution in [0.1, 0.15) is 11.6 Å². The lowest BCUT2D eigenvalue weighted by molar-refractivity contribution is -0.146. The molecule has 0 bridgehead atoms. The summed E-state index contributed by atoms with van der Waals surface area (Å²) >= 11 is 2.87. The summed E-state index contributed by atoms with van der Waals surface area (Å²) in [5.74, 6) is -2.93. The Morgan fingerprint density at radius 1 is 1.33 bits per heavy atom. The summed E-state index contributed by atoms with van der Waals surface area (Å²) in [5, 5.41) is 3.51. The van der Waals surface area contributed by atoms with Gasteiger partial charge in [-0.3, -0.25) is 0 Å². The van der Waals surface area contributed by atoms with Crippen LogP contribution < -0.4 is 0 Å². The Morgan fingerprint density at radius 2 is 2.00 bits per heavy atom. The minimum absolute atomic E-state index is 0.00576. The van der Waals surface area contributed by atoms with Crippen LogP contribution in [-0.2, 0) is 6.18 Å². The number of aryl methyl sites for hydroxylation is 1. The molecule has 0 aliphatic rings. The van der Waals surface area contributed by atoms with E-state index in [1.807, 2.05) is 0 Å². The number of alkyl halides is 3. The van der Waals surface area contributed by atoms with Crippen molar-refractivity contribution in [3.8, 4) is 5.82 Å². The Bertz CT molecular complexity index is 593. The fourth-order valence-corrected chi connectivity index (χ4v) is 1.60. The second-order valence-corrected chi connectivity index (χ2v) is 4.18. The van der Waals surface area contributed by atoms with Crippen LogP contribution in [0.2, 0.25) is 0 Å². The molecule has 0 aliphatic heterocycles. The van der Waals surface area contributed by atoms with Crippen LogP contribution in [0, 0.1) is 12.7 Å². The minimum atomic E-state index is -4.74. The molecule has 0 N–H and O–H groups in total. The number of halogens is 5. The maximum Gasteiger partial charge on any atom is 0.451 e. The molecule has 0 aromatic carbocycles. The van der Waals surface area contributed by atoms with Crippen molar-refractivity contribution in [1.29, 1.82) is 0 Å². The van der Waals surface area contributed by atoms with E-state index in [1.165, 1.54) is 19.2 Å². The van der Waals surface area contributed by atoms with E-state index >= 15 is 0 Å². The van der Waals surface area contributed by atoms with Gasteiger partial charge in [-0.2, -0.15) is 17.9 Å². The van der Waals surface area contributed by atoms with Crippen molar-refractivity contribution in [3.63, 3.8) is 0 Å². The van der Waals surface area contributed by atoms with Crippen LogP contribution in [0.25, 0.3) is 5.82 Å². The maximum atomic E-state index is 13.7. The van der Waals surface area contributed by atoms with Gasteiger partial charge in [0.05, 0.1) is 4.47 Å². The second kappa shape index (κ2) is 4.30. The highest BCUT2D eigenvalue weighted by atomic mass is 79.9. The predicted molar refractivity (Wildman–Crippen MR) is 56.6 cm³/mol. The van der Waals surface area contributed by atoms with Crippen LogP contribution in [0.15, 0.2) is 16.7 Å². The van der Waals surface area contributed by atoms with E-state index in [-0.39, 0.29) is 10.3 Å². The molecule has 4 nitrogen and oxygen atoms in total. The highest BCUT2D eigenvalue weighted by Gasteiger charge is 2.39. The average Bonchev–Trinajstić information content (AvgIpc) is 2.64. The van der Waals surface area contributed by atoms with E-state index < -0.39 is 23.6 Å². The Morgan fingerprint density at radius 3 is 2.61 bits per heavy atom. The van der Waals surface area contributed by atoms with Crippen LogP contribution in [0.5, 0.6) is 0 Å². The first-order valence-corrected chi connectivity index (χ1v) is 5.41. The molecule has 0 aliphatic carbocycles. The molecule has 2 aromatic rings. The highest BCUT2D eigenvalue weighted by molar-refractivity contribution is 9.10. The van der Waals surface area contributed by atoms with E-state index in [1.54, 1.807) is 0 Å². The molecule has 0 fully saturated rings. The number of hydrogen-bond acceptors (Lipinski definition) is 3. The monoisotopic (exact) mass is 324 g/mol. The molecule has 0 spiro atoms. The molecule has 0 atom stereocenters. The second-order valence-electron chi connectivity index (χ2n) is 3.32. The molecule has 9 heteroatoms. The molecule has 0 saturated carbocycles. The van der Waals surface area contributed by atoms with Crippen molar-refractivity contribution in [3.05, 3.63) is 34.2 Å². The van der Waals surface area contributed by atoms with Gasteiger partial charge in [0.1, 0.15) is 5.82 Å².